The molecule has 4 heteroatoms. The summed E-state index contributed by atoms with van der Waals surface area (Å²) in [6, 6.07) is 0. The minimum atomic E-state index is 0. The summed E-state index contributed by atoms with van der Waals surface area (Å²) in [4.78, 5) is 0. The molecule has 4 saturated carbocycles. The number of allylic oxidation sites excluding steroid dienone is 16. The molecule has 0 aromatic heterocycles. The number of rotatable bonds is 2. The second-order valence-electron chi connectivity index (χ2n) is 18.5. The van der Waals surface area contributed by atoms with Crippen molar-refractivity contribution >= 4 is 5.43 Å². The summed E-state index contributed by atoms with van der Waals surface area (Å²) in [5.74, 6) is 0.460. The van der Waals surface area contributed by atoms with E-state index in [-0.39, 0.29) is 68.2 Å². The van der Waals surface area contributed by atoms with E-state index >= 15 is 0 Å². The van der Waals surface area contributed by atoms with E-state index in [4.69, 9.17) is 0 Å². The van der Waals surface area contributed by atoms with Gasteiger partial charge in [-0.3, -0.25) is 6.08 Å². The van der Waals surface area contributed by atoms with Gasteiger partial charge in [0.1, 0.15) is 0 Å². The number of hydrogen-bond donors (Lipinski definition) is 0. The Bertz CT molecular complexity index is 1500. The van der Waals surface area contributed by atoms with Crippen molar-refractivity contribution in [3.63, 3.8) is 0 Å². The van der Waals surface area contributed by atoms with Gasteiger partial charge in [0.2, 0.25) is 0 Å². The van der Waals surface area contributed by atoms with Crippen LogP contribution in [0.3, 0.4) is 0 Å². The Morgan fingerprint density at radius 3 is 1.54 bits per heavy atom. The Labute approximate surface area is 348 Å². The molecule has 0 N–H and O–H groups in total. The maximum atomic E-state index is 2.99. The summed E-state index contributed by atoms with van der Waals surface area (Å²) in [7, 11) is 0. The molecule has 8 rings (SSSR count). The summed E-state index contributed by atoms with van der Waals surface area (Å²) in [5.41, 5.74) is 4.22. The first kappa shape index (κ1) is 44.3. The molecule has 0 amide bonds. The molecule has 0 heterocycles. The fraction of sp³-hybridized carbons (Fsp3) is 0.646. The molecule has 8 aliphatic rings. The van der Waals surface area contributed by atoms with Gasteiger partial charge in [0.15, 0.2) is 0 Å². The van der Waals surface area contributed by atoms with Gasteiger partial charge in [-0.1, -0.05) is 115 Å². The van der Waals surface area contributed by atoms with Gasteiger partial charge in [-0.2, -0.15) is 6.08 Å². The van der Waals surface area contributed by atoms with E-state index in [1.807, 2.05) is 35.5 Å². The fourth-order valence-corrected chi connectivity index (χ4v) is 20.1. The van der Waals surface area contributed by atoms with Crippen LogP contribution < -0.4 is 24.8 Å². The van der Waals surface area contributed by atoms with E-state index in [2.05, 4.69) is 141 Å². The van der Waals surface area contributed by atoms with Gasteiger partial charge in [0.05, 0.1) is 0 Å². The van der Waals surface area contributed by atoms with Crippen LogP contribution in [0.15, 0.2) is 90.6 Å². The van der Waals surface area contributed by atoms with Crippen molar-refractivity contribution in [1.82, 2.24) is 0 Å². The van der Waals surface area contributed by atoms with Crippen LogP contribution in [-0.4, -0.2) is 5.43 Å². The quantitative estimate of drug-likeness (QED) is 0.151. The SMILES string of the molecule is CC1=CC=CC2[CH-]C3(C)C4(C)C=CC=CC4(C)C4(C)C=CC=CC4(C)C3(C)C12C.[C-]1=CC=CC1.[Cl-].[Cl-].[Zr+2]=[Si](C1CCCCCC1)C1CCCCCC1. The molecule has 8 aliphatic carbocycles. The Morgan fingerprint density at radius 2 is 1.10 bits per heavy atom. The van der Waals surface area contributed by atoms with Crippen molar-refractivity contribution in [2.75, 3.05) is 0 Å². The van der Waals surface area contributed by atoms with E-state index in [9.17, 15) is 0 Å². The number of halogens is 2. The van der Waals surface area contributed by atoms with Crippen LogP contribution in [0.2, 0.25) is 11.1 Å². The summed E-state index contributed by atoms with van der Waals surface area (Å²) in [5, 5.41) is 0. The molecular formula is C48H68Cl2SiZr-2. The first-order valence-corrected chi connectivity index (χ1v) is 25.9. The Balaban J connectivity index is 0.000000221. The summed E-state index contributed by atoms with van der Waals surface area (Å²) >= 11 is 1.96. The van der Waals surface area contributed by atoms with Crippen molar-refractivity contribution in [1.29, 1.82) is 0 Å². The Morgan fingerprint density at radius 1 is 0.635 bits per heavy atom. The van der Waals surface area contributed by atoms with Crippen LogP contribution in [0.1, 0.15) is 139 Å². The van der Waals surface area contributed by atoms with Gasteiger partial charge < -0.3 is 31.2 Å². The molecule has 8 atom stereocenters. The zero-order chi connectivity index (χ0) is 35.9. The van der Waals surface area contributed by atoms with Gasteiger partial charge in [-0.25, -0.2) is 12.2 Å². The molecule has 0 aliphatic heterocycles. The van der Waals surface area contributed by atoms with Crippen LogP contribution >= 0.6 is 0 Å². The molecule has 0 aromatic carbocycles. The third-order valence-electron chi connectivity index (χ3n) is 17.2. The molecule has 0 radical (unpaired) electrons. The predicted molar refractivity (Wildman–Crippen MR) is 214 cm³/mol. The number of fused-ring (bicyclic) bond motifs is 8. The standard InChI is InChI=1S/C29H37.C14H26Si.C5H5.2ClH.Zr/c1-21-14-13-15-22-20-27(6)25(4)18-10-9-16-23(25,2)24(3)17-11-12-19-26(24,5)29(27,8)28(21,22)7;1-2-6-10-13(9-5-1)15-14-11-7-3-4-8-12-14;1-2-4-5-3-1;;;/h9-20,22H,1-8H3;13-14H,1-12H2;1-3H,4H2;2*1H;/q-1;;-1;;;+2/p-2. The molecule has 0 nitrogen and oxygen atoms in total. The molecule has 8 unspecified atom stereocenters. The van der Waals surface area contributed by atoms with Gasteiger partial charge in [0, 0.05) is 10.8 Å². The van der Waals surface area contributed by atoms with E-state index in [0.29, 0.717) is 5.92 Å². The second kappa shape index (κ2) is 17.0. The Kier molecular flexibility index (Phi) is 14.5. The van der Waals surface area contributed by atoms with Crippen molar-refractivity contribution in [2.24, 2.45) is 43.8 Å². The second-order valence-corrected chi connectivity index (χ2v) is 25.3. The fourth-order valence-electron chi connectivity index (χ4n) is 13.1. The van der Waals surface area contributed by atoms with Crippen LogP contribution in [-0.2, 0) is 23.3 Å². The predicted octanol–water partition coefficient (Wildman–Crippen LogP) is 7.93. The van der Waals surface area contributed by atoms with Gasteiger partial charge in [-0.15, -0.1) is 23.8 Å². The van der Waals surface area contributed by atoms with Crippen molar-refractivity contribution < 1.29 is 48.1 Å². The van der Waals surface area contributed by atoms with Crippen molar-refractivity contribution in [2.45, 2.75) is 150 Å². The third-order valence-corrected chi connectivity index (χ3v) is 26.1. The molecule has 0 saturated heterocycles. The molecule has 0 bridgehead atoms. The maximum absolute atomic E-state index is 2.99. The van der Waals surface area contributed by atoms with Crippen LogP contribution in [0.4, 0.5) is 0 Å². The van der Waals surface area contributed by atoms with Gasteiger partial charge >= 0.3 is 117 Å². The van der Waals surface area contributed by atoms with E-state index in [1.54, 1.807) is 51.4 Å². The average Bonchev–Trinajstić information content (AvgIpc) is 3.51. The van der Waals surface area contributed by atoms with Crippen molar-refractivity contribution in [3.05, 3.63) is 103 Å². The minimum absolute atomic E-state index is 0. The Hall–Kier alpha value is -0.400. The van der Waals surface area contributed by atoms with E-state index in [1.165, 1.54) is 42.3 Å². The van der Waals surface area contributed by atoms with Crippen LogP contribution in [0.25, 0.3) is 0 Å². The molecular weight excluding hydrogens is 767 g/mol. The van der Waals surface area contributed by atoms with Crippen LogP contribution in [0, 0.1) is 56.3 Å². The topological polar surface area (TPSA) is 0 Å². The first-order chi connectivity index (χ1) is 23.8. The normalized spacial score (nSPS) is 42.7. The van der Waals surface area contributed by atoms with Gasteiger partial charge in [0.25, 0.3) is 0 Å². The zero-order valence-corrected chi connectivity index (χ0v) is 38.8. The molecule has 52 heavy (non-hydrogen) atoms. The first-order valence-electron chi connectivity index (χ1n) is 20.5. The molecule has 0 spiro atoms. The van der Waals surface area contributed by atoms with Gasteiger partial charge in [-0.05, 0) is 28.6 Å². The summed E-state index contributed by atoms with van der Waals surface area (Å²) in [6.45, 7) is 20.3. The molecule has 0 aromatic rings. The van der Waals surface area contributed by atoms with Crippen LogP contribution in [0.5, 0.6) is 0 Å². The summed E-state index contributed by atoms with van der Waals surface area (Å²) in [6.07, 6.45) is 58.0. The molecule has 4 fully saturated rings. The zero-order valence-electron chi connectivity index (χ0n) is 33.8. The van der Waals surface area contributed by atoms with Crippen molar-refractivity contribution in [3.8, 4) is 0 Å². The summed E-state index contributed by atoms with van der Waals surface area (Å²) < 4.78 is 0. The van der Waals surface area contributed by atoms with E-state index < -0.39 is 0 Å². The monoisotopic (exact) mass is 832 g/mol. The number of hydrogen-bond acceptors (Lipinski definition) is 0. The molecule has 284 valence electrons. The average molecular weight is 835 g/mol. The van der Waals surface area contributed by atoms with E-state index in [0.717, 1.165) is 6.42 Å². The third kappa shape index (κ3) is 6.47.